The van der Waals surface area contributed by atoms with Crippen LogP contribution in [0.4, 0.5) is 0 Å². The Bertz CT molecular complexity index is 700. The molecule has 7 heteroatoms. The van der Waals surface area contributed by atoms with Crippen LogP contribution in [0.3, 0.4) is 0 Å². The number of likely N-dealkylation sites (tertiary alicyclic amines) is 1. The largest absolute Gasteiger partial charge is 0.465 e. The van der Waals surface area contributed by atoms with Crippen LogP contribution in [0.2, 0.25) is 0 Å². The summed E-state index contributed by atoms with van der Waals surface area (Å²) in [7, 11) is 5.48. The van der Waals surface area contributed by atoms with E-state index in [2.05, 4.69) is 26.6 Å². The van der Waals surface area contributed by atoms with E-state index in [4.69, 9.17) is 4.42 Å². The zero-order chi connectivity index (χ0) is 20.9. The van der Waals surface area contributed by atoms with Crippen LogP contribution >= 0.6 is 0 Å². The molecule has 1 aliphatic carbocycles. The van der Waals surface area contributed by atoms with Crippen LogP contribution in [0.1, 0.15) is 56.1 Å². The van der Waals surface area contributed by atoms with Crippen molar-refractivity contribution in [2.24, 2.45) is 10.4 Å². The van der Waals surface area contributed by atoms with Gasteiger partial charge in [-0.2, -0.15) is 0 Å². The number of nitrogens with zero attached hydrogens (tertiary/aromatic N) is 3. The number of carbonyl (C=O) groups is 1. The Labute approximate surface area is 174 Å². The van der Waals surface area contributed by atoms with Gasteiger partial charge < -0.3 is 20.0 Å². The molecule has 1 saturated heterocycles. The van der Waals surface area contributed by atoms with Gasteiger partial charge in [0.25, 0.3) is 0 Å². The maximum Gasteiger partial charge on any atom is 0.230 e. The maximum absolute atomic E-state index is 12.8. The molecule has 2 fully saturated rings. The molecule has 1 amide bonds. The molecule has 1 atom stereocenters. The van der Waals surface area contributed by atoms with Crippen LogP contribution in [-0.4, -0.2) is 69.0 Å². The van der Waals surface area contributed by atoms with Crippen LogP contribution in [0.15, 0.2) is 21.5 Å². The van der Waals surface area contributed by atoms with Crippen molar-refractivity contribution in [3.05, 3.63) is 23.7 Å². The summed E-state index contributed by atoms with van der Waals surface area (Å²) in [6.45, 7) is 5.53. The first-order valence-corrected chi connectivity index (χ1v) is 10.9. The summed E-state index contributed by atoms with van der Waals surface area (Å²) in [4.78, 5) is 21.4. The van der Waals surface area contributed by atoms with E-state index in [0.717, 1.165) is 62.8 Å². The van der Waals surface area contributed by atoms with Crippen LogP contribution in [0, 0.1) is 12.3 Å². The molecule has 1 unspecified atom stereocenters. The first-order chi connectivity index (χ1) is 13.9. The predicted octanol–water partition coefficient (Wildman–Crippen LogP) is 2.54. The van der Waals surface area contributed by atoms with Crippen molar-refractivity contribution in [2.45, 2.75) is 51.5 Å². The van der Waals surface area contributed by atoms with E-state index in [1.54, 1.807) is 11.9 Å². The van der Waals surface area contributed by atoms with Crippen LogP contribution in [0.25, 0.3) is 0 Å². The lowest BCUT2D eigenvalue weighted by atomic mass is 9.84. The first-order valence-electron chi connectivity index (χ1n) is 10.9. The number of amides is 1. The second-order valence-corrected chi connectivity index (χ2v) is 8.70. The molecule has 0 radical (unpaired) electrons. The lowest BCUT2D eigenvalue weighted by molar-refractivity contribution is -0.138. The highest BCUT2D eigenvalue weighted by atomic mass is 16.3. The number of furan rings is 1. The van der Waals surface area contributed by atoms with Crippen molar-refractivity contribution in [1.82, 2.24) is 20.4 Å². The first kappa shape index (κ1) is 21.7. The van der Waals surface area contributed by atoms with E-state index in [0.29, 0.717) is 6.54 Å². The standard InChI is InChI=1S/C22H37N5O2/c1-17-9-10-19(29-17)18(27-13-7-8-14-27)15-24-21(23-2)25-16-22(11-5-6-12-22)20(28)26(3)4/h9-10,18H,5-8,11-16H2,1-4H3,(H2,23,24,25). The highest BCUT2D eigenvalue weighted by Gasteiger charge is 2.42. The maximum atomic E-state index is 12.8. The van der Waals surface area contributed by atoms with Crippen molar-refractivity contribution in [2.75, 3.05) is 47.3 Å². The zero-order valence-corrected chi connectivity index (χ0v) is 18.5. The summed E-state index contributed by atoms with van der Waals surface area (Å²) in [5, 5.41) is 6.91. The average molecular weight is 404 g/mol. The summed E-state index contributed by atoms with van der Waals surface area (Å²) in [5.74, 6) is 2.91. The molecule has 2 N–H and O–H groups in total. The second-order valence-electron chi connectivity index (χ2n) is 8.70. The van der Waals surface area contributed by atoms with Gasteiger partial charge in [-0.1, -0.05) is 12.8 Å². The van der Waals surface area contributed by atoms with Gasteiger partial charge in [-0.05, 0) is 57.8 Å². The number of guanidine groups is 1. The molecular formula is C22H37N5O2. The Hall–Kier alpha value is -2.02. The Morgan fingerprint density at radius 3 is 2.45 bits per heavy atom. The number of rotatable bonds is 7. The number of aliphatic imine (C=N–C) groups is 1. The Kier molecular flexibility index (Phi) is 7.22. The third-order valence-electron chi connectivity index (χ3n) is 6.37. The molecule has 3 rings (SSSR count). The molecule has 0 bridgehead atoms. The predicted molar refractivity (Wildman–Crippen MR) is 116 cm³/mol. The fourth-order valence-corrected chi connectivity index (χ4v) is 4.75. The SMILES string of the molecule is CN=C(NCC(c1ccc(C)o1)N1CCCC1)NCC1(C(=O)N(C)C)CCCC1. The summed E-state index contributed by atoms with van der Waals surface area (Å²) in [6, 6.07) is 4.30. The molecular weight excluding hydrogens is 366 g/mol. The Morgan fingerprint density at radius 2 is 1.90 bits per heavy atom. The van der Waals surface area contributed by atoms with Crippen LogP contribution < -0.4 is 10.6 Å². The molecule has 2 aliphatic rings. The van der Waals surface area contributed by atoms with E-state index < -0.39 is 0 Å². The van der Waals surface area contributed by atoms with Gasteiger partial charge in [-0.3, -0.25) is 14.7 Å². The number of carbonyl (C=O) groups excluding carboxylic acids is 1. The highest BCUT2D eigenvalue weighted by molar-refractivity contribution is 5.85. The lowest BCUT2D eigenvalue weighted by Gasteiger charge is -2.32. The van der Waals surface area contributed by atoms with Gasteiger partial charge in [0.1, 0.15) is 11.5 Å². The van der Waals surface area contributed by atoms with Crippen molar-refractivity contribution >= 4 is 11.9 Å². The van der Waals surface area contributed by atoms with Gasteiger partial charge in [0, 0.05) is 34.2 Å². The smallest absolute Gasteiger partial charge is 0.230 e. The van der Waals surface area contributed by atoms with Crippen molar-refractivity contribution in [3.8, 4) is 0 Å². The number of hydrogen-bond acceptors (Lipinski definition) is 4. The lowest BCUT2D eigenvalue weighted by Crippen LogP contribution is -2.50. The third kappa shape index (κ3) is 5.13. The molecule has 1 aliphatic heterocycles. The van der Waals surface area contributed by atoms with E-state index in [-0.39, 0.29) is 17.4 Å². The number of hydrogen-bond donors (Lipinski definition) is 2. The number of nitrogens with one attached hydrogen (secondary N) is 2. The second kappa shape index (κ2) is 9.65. The molecule has 1 aromatic heterocycles. The third-order valence-corrected chi connectivity index (χ3v) is 6.37. The molecule has 0 aromatic carbocycles. The van der Waals surface area contributed by atoms with Crippen molar-refractivity contribution in [3.63, 3.8) is 0 Å². The van der Waals surface area contributed by atoms with Gasteiger partial charge in [0.2, 0.25) is 5.91 Å². The topological polar surface area (TPSA) is 73.1 Å². The highest BCUT2D eigenvalue weighted by Crippen LogP contribution is 2.38. The minimum absolute atomic E-state index is 0.189. The number of aryl methyl sites for hydroxylation is 1. The van der Waals surface area contributed by atoms with Crippen LogP contribution in [0.5, 0.6) is 0 Å². The van der Waals surface area contributed by atoms with E-state index in [9.17, 15) is 4.79 Å². The quantitative estimate of drug-likeness (QED) is 0.541. The fourth-order valence-electron chi connectivity index (χ4n) is 4.75. The molecule has 7 nitrogen and oxygen atoms in total. The van der Waals surface area contributed by atoms with Gasteiger partial charge in [0.05, 0.1) is 11.5 Å². The van der Waals surface area contributed by atoms with Crippen molar-refractivity contribution < 1.29 is 9.21 Å². The normalized spacial score (nSPS) is 20.6. The molecule has 29 heavy (non-hydrogen) atoms. The minimum atomic E-state index is -0.312. The summed E-state index contributed by atoms with van der Waals surface area (Å²) >= 11 is 0. The van der Waals surface area contributed by atoms with E-state index in [1.807, 2.05) is 27.1 Å². The van der Waals surface area contributed by atoms with Gasteiger partial charge in [-0.15, -0.1) is 0 Å². The average Bonchev–Trinajstić information content (AvgIpc) is 3.46. The molecule has 162 valence electrons. The molecule has 1 saturated carbocycles. The van der Waals surface area contributed by atoms with E-state index in [1.165, 1.54) is 12.8 Å². The minimum Gasteiger partial charge on any atom is -0.465 e. The van der Waals surface area contributed by atoms with Gasteiger partial charge in [-0.25, -0.2) is 0 Å². The molecule has 1 aromatic rings. The van der Waals surface area contributed by atoms with Crippen LogP contribution in [-0.2, 0) is 4.79 Å². The Balaban J connectivity index is 1.62. The zero-order valence-electron chi connectivity index (χ0n) is 18.5. The van der Waals surface area contributed by atoms with Gasteiger partial charge >= 0.3 is 0 Å². The summed E-state index contributed by atoms with van der Waals surface area (Å²) < 4.78 is 5.95. The summed E-state index contributed by atoms with van der Waals surface area (Å²) in [6.07, 6.45) is 6.58. The molecule has 2 heterocycles. The van der Waals surface area contributed by atoms with Crippen molar-refractivity contribution in [1.29, 1.82) is 0 Å². The molecule has 0 spiro atoms. The Morgan fingerprint density at radius 1 is 1.21 bits per heavy atom. The van der Waals surface area contributed by atoms with Gasteiger partial charge in [0.15, 0.2) is 5.96 Å². The fraction of sp³-hybridized carbons (Fsp3) is 0.727. The van der Waals surface area contributed by atoms with E-state index >= 15 is 0 Å². The summed E-state index contributed by atoms with van der Waals surface area (Å²) in [5.41, 5.74) is -0.312. The monoisotopic (exact) mass is 403 g/mol.